The fraction of sp³-hybridized carbons (Fsp3) is 0.455. The molecule has 3 unspecified atom stereocenters. The summed E-state index contributed by atoms with van der Waals surface area (Å²) in [5, 5.41) is 3.33. The smallest absolute Gasteiger partial charge is 0.171 e. The van der Waals surface area contributed by atoms with Crippen LogP contribution in [-0.4, -0.2) is 23.4 Å². The first kappa shape index (κ1) is 8.85. The summed E-state index contributed by atoms with van der Waals surface area (Å²) in [6.45, 7) is 0.973. The summed E-state index contributed by atoms with van der Waals surface area (Å²) in [5.41, 5.74) is 6.28. The molecule has 1 aliphatic carbocycles. The molecule has 1 saturated carbocycles. The molecule has 2 aliphatic heterocycles. The molecule has 1 aromatic heterocycles. The Hall–Kier alpha value is -1.42. The number of nitrogens with two attached hydrogens (primary N) is 1. The Morgan fingerprint density at radius 1 is 1.60 bits per heavy atom. The van der Waals surface area contributed by atoms with E-state index in [4.69, 9.17) is 5.73 Å². The second-order valence-corrected chi connectivity index (χ2v) is 4.34. The van der Waals surface area contributed by atoms with Gasteiger partial charge in [0.15, 0.2) is 5.78 Å². The van der Waals surface area contributed by atoms with Crippen molar-refractivity contribution in [2.75, 3.05) is 12.3 Å². The number of aromatic nitrogens is 1. The Bertz CT molecular complexity index is 404. The van der Waals surface area contributed by atoms with Crippen LogP contribution in [0.15, 0.2) is 18.3 Å². The van der Waals surface area contributed by atoms with Crippen LogP contribution >= 0.6 is 0 Å². The van der Waals surface area contributed by atoms with E-state index in [0.717, 1.165) is 13.0 Å². The minimum Gasteiger partial charge on any atom is -0.383 e. The second-order valence-electron chi connectivity index (χ2n) is 4.34. The Balaban J connectivity index is 1.89. The maximum Gasteiger partial charge on any atom is 0.171 e. The van der Waals surface area contributed by atoms with Gasteiger partial charge in [0.25, 0.3) is 0 Å². The van der Waals surface area contributed by atoms with Crippen LogP contribution in [0.4, 0.5) is 5.82 Å². The number of ketones is 1. The number of nitrogens with one attached hydrogen (secondary N) is 1. The van der Waals surface area contributed by atoms with Crippen LogP contribution in [0.1, 0.15) is 16.8 Å². The predicted octanol–water partition coefficient (Wildman–Crippen LogP) is 0.454. The summed E-state index contributed by atoms with van der Waals surface area (Å²) in [6.07, 6.45) is 2.75. The quantitative estimate of drug-likeness (QED) is 0.685. The van der Waals surface area contributed by atoms with Crippen molar-refractivity contribution in [1.29, 1.82) is 0 Å². The number of pyridine rings is 1. The highest BCUT2D eigenvalue weighted by atomic mass is 16.1. The number of carbonyl (C=O) groups excluding carboxylic acids is 1. The number of rotatable bonds is 2. The highest BCUT2D eigenvalue weighted by molar-refractivity contribution is 6.02. The van der Waals surface area contributed by atoms with Gasteiger partial charge >= 0.3 is 0 Å². The van der Waals surface area contributed by atoms with Gasteiger partial charge in [-0.25, -0.2) is 4.98 Å². The van der Waals surface area contributed by atoms with Crippen molar-refractivity contribution in [3.05, 3.63) is 23.9 Å². The minimum absolute atomic E-state index is 0.136. The van der Waals surface area contributed by atoms with E-state index in [-0.39, 0.29) is 11.7 Å². The lowest BCUT2D eigenvalue weighted by Crippen LogP contribution is -2.42. The third-order valence-corrected chi connectivity index (χ3v) is 3.55. The summed E-state index contributed by atoms with van der Waals surface area (Å²) in [5.74, 6) is 1.17. The molecule has 4 rings (SSSR count). The van der Waals surface area contributed by atoms with E-state index in [1.54, 1.807) is 18.3 Å². The fourth-order valence-corrected chi connectivity index (χ4v) is 2.68. The third-order valence-electron chi connectivity index (χ3n) is 3.55. The molecule has 0 aromatic carbocycles. The Morgan fingerprint density at radius 3 is 3.07 bits per heavy atom. The summed E-state index contributed by atoms with van der Waals surface area (Å²) >= 11 is 0. The molecule has 78 valence electrons. The van der Waals surface area contributed by atoms with Crippen LogP contribution in [0.5, 0.6) is 0 Å². The van der Waals surface area contributed by atoms with Crippen molar-refractivity contribution in [1.82, 2.24) is 10.3 Å². The van der Waals surface area contributed by atoms with Gasteiger partial charge in [0.1, 0.15) is 5.82 Å². The molecule has 3 aliphatic rings. The van der Waals surface area contributed by atoms with E-state index in [0.29, 0.717) is 23.3 Å². The highest BCUT2D eigenvalue weighted by Crippen LogP contribution is 2.42. The van der Waals surface area contributed by atoms with Crippen LogP contribution in [0.3, 0.4) is 0 Å². The lowest BCUT2D eigenvalue weighted by Gasteiger charge is -2.33. The van der Waals surface area contributed by atoms with E-state index >= 15 is 0 Å². The lowest BCUT2D eigenvalue weighted by molar-refractivity contribution is 0.0785. The fourth-order valence-electron chi connectivity index (χ4n) is 2.68. The molecule has 4 heteroatoms. The highest BCUT2D eigenvalue weighted by Gasteiger charge is 2.50. The van der Waals surface area contributed by atoms with Crippen LogP contribution < -0.4 is 11.1 Å². The maximum atomic E-state index is 12.1. The molecular weight excluding hydrogens is 190 g/mol. The maximum absolute atomic E-state index is 12.1. The van der Waals surface area contributed by atoms with E-state index in [9.17, 15) is 4.79 Å². The zero-order valence-electron chi connectivity index (χ0n) is 8.31. The average molecular weight is 203 g/mol. The molecule has 3 fully saturated rings. The topological polar surface area (TPSA) is 68.0 Å². The summed E-state index contributed by atoms with van der Waals surface area (Å²) in [4.78, 5) is 16.1. The number of Topliss-reactive ketones (excluding diaryl/α,β-unsaturated/α-hetero) is 1. The van der Waals surface area contributed by atoms with Gasteiger partial charge in [0, 0.05) is 18.2 Å². The van der Waals surface area contributed by atoms with Gasteiger partial charge in [-0.15, -0.1) is 0 Å². The second kappa shape index (κ2) is 3.03. The predicted molar refractivity (Wildman–Crippen MR) is 56.4 cm³/mol. The van der Waals surface area contributed by atoms with E-state index in [1.165, 1.54) is 0 Å². The van der Waals surface area contributed by atoms with Gasteiger partial charge in [0.2, 0.25) is 0 Å². The summed E-state index contributed by atoms with van der Waals surface area (Å²) in [7, 11) is 0. The standard InChI is InChI=1S/C11H13N3O/c12-11-7(2-1-3-13-11)10(15)9-6-4-8(9)14-5-6/h1-3,6,8-9,14H,4-5H2,(H2,12,13). The molecule has 3 N–H and O–H groups in total. The molecule has 2 bridgehead atoms. The zero-order chi connectivity index (χ0) is 10.4. The molecule has 2 saturated heterocycles. The van der Waals surface area contributed by atoms with Crippen LogP contribution in [0, 0.1) is 11.8 Å². The van der Waals surface area contributed by atoms with Gasteiger partial charge in [-0.1, -0.05) is 0 Å². The van der Waals surface area contributed by atoms with Gasteiger partial charge in [-0.2, -0.15) is 0 Å². The third kappa shape index (κ3) is 1.18. The Labute approximate surface area is 87.9 Å². The van der Waals surface area contributed by atoms with Crippen molar-refractivity contribution >= 4 is 11.6 Å². The number of anilines is 1. The Kier molecular flexibility index (Phi) is 1.79. The number of nitrogen functional groups attached to an aromatic ring is 1. The van der Waals surface area contributed by atoms with Crippen molar-refractivity contribution in [2.24, 2.45) is 11.8 Å². The number of hydrogen-bond donors (Lipinski definition) is 2. The number of carbonyl (C=O) groups is 1. The molecule has 15 heavy (non-hydrogen) atoms. The average Bonchev–Trinajstić information content (AvgIpc) is 2.79. The first-order valence-electron chi connectivity index (χ1n) is 5.25. The number of nitrogens with zero attached hydrogens (tertiary/aromatic N) is 1. The van der Waals surface area contributed by atoms with Crippen molar-refractivity contribution in [2.45, 2.75) is 12.5 Å². The number of fused-ring (bicyclic) bond motifs is 1. The van der Waals surface area contributed by atoms with Gasteiger partial charge in [-0.05, 0) is 31.0 Å². The van der Waals surface area contributed by atoms with Gasteiger partial charge < -0.3 is 11.1 Å². The van der Waals surface area contributed by atoms with Crippen molar-refractivity contribution in [3.63, 3.8) is 0 Å². The molecule has 0 amide bonds. The van der Waals surface area contributed by atoms with Crippen LogP contribution in [0.2, 0.25) is 0 Å². The van der Waals surface area contributed by atoms with Gasteiger partial charge in [0.05, 0.1) is 5.56 Å². The molecule has 4 nitrogen and oxygen atoms in total. The minimum atomic E-state index is 0.136. The Morgan fingerprint density at radius 2 is 2.47 bits per heavy atom. The molecule has 0 radical (unpaired) electrons. The molecule has 0 spiro atoms. The largest absolute Gasteiger partial charge is 0.383 e. The molecule has 1 aromatic rings. The molecular formula is C11H13N3O. The number of hydrogen-bond acceptors (Lipinski definition) is 4. The summed E-state index contributed by atoms with van der Waals surface area (Å²) < 4.78 is 0. The zero-order valence-corrected chi connectivity index (χ0v) is 8.31. The first-order valence-corrected chi connectivity index (χ1v) is 5.25. The van der Waals surface area contributed by atoms with E-state index in [1.807, 2.05) is 0 Å². The monoisotopic (exact) mass is 203 g/mol. The first-order chi connectivity index (χ1) is 7.27. The van der Waals surface area contributed by atoms with Crippen molar-refractivity contribution < 1.29 is 4.79 Å². The van der Waals surface area contributed by atoms with Crippen LogP contribution in [0.25, 0.3) is 0 Å². The normalized spacial score (nSPS) is 32.4. The molecule has 3 heterocycles. The molecule has 3 atom stereocenters. The van der Waals surface area contributed by atoms with Crippen molar-refractivity contribution in [3.8, 4) is 0 Å². The van der Waals surface area contributed by atoms with E-state index < -0.39 is 0 Å². The SMILES string of the molecule is Nc1ncccc1C(=O)C1C2CNC1C2. The van der Waals surface area contributed by atoms with Gasteiger partial charge in [-0.3, -0.25) is 4.79 Å². The lowest BCUT2D eigenvalue weighted by atomic mass is 9.70. The van der Waals surface area contributed by atoms with Crippen LogP contribution in [-0.2, 0) is 0 Å². The summed E-state index contributed by atoms with van der Waals surface area (Å²) in [6, 6.07) is 3.90. The van der Waals surface area contributed by atoms with E-state index in [2.05, 4.69) is 10.3 Å².